The number of aromatic amines is 1. The molecule has 0 aliphatic heterocycles. The van der Waals surface area contributed by atoms with Crippen LogP contribution in [0.15, 0.2) is 6.20 Å². The third-order valence-corrected chi connectivity index (χ3v) is 2.47. The molecule has 8 heavy (non-hydrogen) atoms. The maximum Gasteiger partial charge on any atom is 0.0141 e. The maximum atomic E-state index is 3.15. The van der Waals surface area contributed by atoms with E-state index >= 15 is 0 Å². The lowest BCUT2D eigenvalue weighted by Crippen LogP contribution is -1.72. The van der Waals surface area contributed by atoms with Crippen LogP contribution >= 0.6 is 8.35 Å². The Labute approximate surface area is 51.3 Å². The van der Waals surface area contributed by atoms with Crippen LogP contribution < -0.4 is 0 Å². The van der Waals surface area contributed by atoms with E-state index in [1.165, 1.54) is 25.6 Å². The highest BCUT2D eigenvalue weighted by molar-refractivity contribution is 7.26. The molecule has 1 N–H and O–H groups in total. The molecule has 2 heteroatoms. The van der Waals surface area contributed by atoms with Crippen molar-refractivity contribution in [3.8, 4) is 0 Å². The Kier molecular flexibility index (Phi) is 1.69. The summed E-state index contributed by atoms with van der Waals surface area (Å²) in [6.45, 7) is 4.33. The topological polar surface area (TPSA) is 15.8 Å². The van der Waals surface area contributed by atoms with E-state index in [0.717, 1.165) is 0 Å². The molecule has 44 valence electrons. The number of aromatic nitrogens is 1. The zero-order valence-corrected chi connectivity index (χ0v) is 6.13. The number of H-pyrrole nitrogens is 1. The second-order valence-corrected chi connectivity index (χ2v) is 2.89. The average molecular weight is 127 g/mol. The van der Waals surface area contributed by atoms with Gasteiger partial charge in [-0.25, -0.2) is 0 Å². The lowest BCUT2D eigenvalue weighted by atomic mass is 10.3. The van der Waals surface area contributed by atoms with Crippen molar-refractivity contribution < 1.29 is 0 Å². The third-order valence-electron chi connectivity index (χ3n) is 1.27. The molecule has 0 unspecified atom stereocenters. The summed E-state index contributed by atoms with van der Waals surface area (Å²) in [4.78, 5) is 0. The molecule has 1 nitrogen and oxygen atoms in total. The molecule has 0 amide bonds. The number of rotatable bonds is 1. The first-order valence-corrected chi connectivity index (χ1v) is 3.73. The molecule has 0 aromatic carbocycles. The Morgan fingerprint density at radius 3 is 2.75 bits per heavy atom. The molecule has 0 fully saturated rings. The fourth-order valence-corrected chi connectivity index (χ4v) is 1.55. The molecule has 0 aliphatic carbocycles. The standard InChI is InChI=1S/C6H10NP/c1-3-6-5(2)4-7-8-6/h4,7H,3H2,1-2H3. The fraction of sp³-hybridized carbons (Fsp3) is 0.500. The molecule has 0 radical (unpaired) electrons. The van der Waals surface area contributed by atoms with Crippen molar-refractivity contribution in [2.75, 3.05) is 0 Å². The van der Waals surface area contributed by atoms with Gasteiger partial charge in [0.1, 0.15) is 0 Å². The van der Waals surface area contributed by atoms with Crippen LogP contribution in [0.1, 0.15) is 17.8 Å². The van der Waals surface area contributed by atoms with Crippen LogP contribution in [0.25, 0.3) is 0 Å². The van der Waals surface area contributed by atoms with Crippen molar-refractivity contribution in [1.29, 1.82) is 0 Å². The van der Waals surface area contributed by atoms with Crippen LogP contribution in [0.3, 0.4) is 0 Å². The number of hydrogen-bond acceptors (Lipinski definition) is 0. The summed E-state index contributed by atoms with van der Waals surface area (Å²) in [5, 5.41) is 1.52. The Bertz CT molecular complexity index is 169. The van der Waals surface area contributed by atoms with Gasteiger partial charge in [0.05, 0.1) is 0 Å². The van der Waals surface area contributed by atoms with Gasteiger partial charge < -0.3 is 4.75 Å². The lowest BCUT2D eigenvalue weighted by molar-refractivity contribution is 1.16. The summed E-state index contributed by atoms with van der Waals surface area (Å²) >= 11 is 0. The van der Waals surface area contributed by atoms with Gasteiger partial charge in [0.2, 0.25) is 0 Å². The smallest absolute Gasteiger partial charge is 0.0141 e. The molecule has 1 rings (SSSR count). The minimum absolute atomic E-state index is 1.18. The number of aryl methyl sites for hydroxylation is 2. The molecular weight excluding hydrogens is 117 g/mol. The molecule has 1 heterocycles. The van der Waals surface area contributed by atoms with Gasteiger partial charge in [-0.15, -0.1) is 0 Å². The molecule has 1 aromatic rings. The third kappa shape index (κ3) is 0.924. The van der Waals surface area contributed by atoms with Crippen molar-refractivity contribution in [3.63, 3.8) is 0 Å². The molecule has 0 bridgehead atoms. The largest absolute Gasteiger partial charge is 0.344 e. The first-order valence-electron chi connectivity index (χ1n) is 2.84. The predicted octanol–water partition coefficient (Wildman–Crippen LogP) is 2.47. The first-order chi connectivity index (χ1) is 3.84. The monoisotopic (exact) mass is 127 g/mol. The SMILES string of the molecule is CCc1p[nH]cc1C. The van der Waals surface area contributed by atoms with E-state index in [2.05, 4.69) is 24.8 Å². The van der Waals surface area contributed by atoms with Crippen molar-refractivity contribution in [1.82, 2.24) is 4.75 Å². The van der Waals surface area contributed by atoms with E-state index in [4.69, 9.17) is 0 Å². The fourth-order valence-electron chi connectivity index (χ4n) is 0.736. The van der Waals surface area contributed by atoms with Gasteiger partial charge in [-0.1, -0.05) is 6.92 Å². The van der Waals surface area contributed by atoms with Crippen LogP contribution in [-0.2, 0) is 6.42 Å². The highest BCUT2D eigenvalue weighted by Gasteiger charge is 1.92. The molecule has 0 saturated heterocycles. The lowest BCUT2D eigenvalue weighted by Gasteiger charge is -1.86. The van der Waals surface area contributed by atoms with E-state index in [0.29, 0.717) is 0 Å². The van der Waals surface area contributed by atoms with Crippen molar-refractivity contribution >= 4 is 8.35 Å². The minimum Gasteiger partial charge on any atom is -0.344 e. The maximum absolute atomic E-state index is 3.15. The minimum atomic E-state index is 1.18. The van der Waals surface area contributed by atoms with Gasteiger partial charge >= 0.3 is 0 Å². The van der Waals surface area contributed by atoms with E-state index in [-0.39, 0.29) is 0 Å². The molecule has 0 saturated carbocycles. The van der Waals surface area contributed by atoms with E-state index in [9.17, 15) is 0 Å². The highest BCUT2D eigenvalue weighted by atomic mass is 31.0. The zero-order valence-electron chi connectivity index (χ0n) is 5.23. The van der Waals surface area contributed by atoms with Gasteiger partial charge in [-0.3, -0.25) is 0 Å². The van der Waals surface area contributed by atoms with Crippen molar-refractivity contribution in [2.45, 2.75) is 20.3 Å². The predicted molar refractivity (Wildman–Crippen MR) is 37.4 cm³/mol. The van der Waals surface area contributed by atoms with E-state index in [1.54, 1.807) is 0 Å². The molecular formula is C6H10NP. The second kappa shape index (κ2) is 2.32. The molecule has 1 aromatic heterocycles. The van der Waals surface area contributed by atoms with Crippen LogP contribution in [0, 0.1) is 6.92 Å². The summed E-state index contributed by atoms with van der Waals surface area (Å²) in [6.07, 6.45) is 3.25. The van der Waals surface area contributed by atoms with Gasteiger partial charge in [0.25, 0.3) is 0 Å². The quantitative estimate of drug-likeness (QED) is 0.596. The second-order valence-electron chi connectivity index (χ2n) is 1.87. The molecule has 0 atom stereocenters. The van der Waals surface area contributed by atoms with Crippen LogP contribution in [-0.4, -0.2) is 4.75 Å². The van der Waals surface area contributed by atoms with Crippen LogP contribution in [0.5, 0.6) is 0 Å². The normalized spacial score (nSPS) is 10.8. The van der Waals surface area contributed by atoms with Crippen LogP contribution in [0.4, 0.5) is 0 Å². The first kappa shape index (κ1) is 5.84. The van der Waals surface area contributed by atoms with Gasteiger partial charge in [-0.2, -0.15) is 0 Å². The van der Waals surface area contributed by atoms with Crippen molar-refractivity contribution in [3.05, 3.63) is 17.1 Å². The summed E-state index contributed by atoms with van der Waals surface area (Å²) in [5.41, 5.74) is 1.41. The summed E-state index contributed by atoms with van der Waals surface area (Å²) in [5.74, 6) is 0. The average Bonchev–Trinajstić information content (AvgIpc) is 2.14. The van der Waals surface area contributed by atoms with E-state index < -0.39 is 0 Å². The van der Waals surface area contributed by atoms with Gasteiger partial charge in [-0.05, 0) is 18.9 Å². The van der Waals surface area contributed by atoms with Crippen molar-refractivity contribution in [2.24, 2.45) is 0 Å². The zero-order chi connectivity index (χ0) is 5.98. The van der Waals surface area contributed by atoms with Crippen LogP contribution in [0.2, 0.25) is 0 Å². The summed E-state index contributed by atoms with van der Waals surface area (Å²) in [6, 6.07) is 0. The summed E-state index contributed by atoms with van der Waals surface area (Å²) in [7, 11) is 1.29. The molecule has 0 spiro atoms. The number of hydrogen-bond donors (Lipinski definition) is 1. The van der Waals surface area contributed by atoms with Gasteiger partial charge in [0, 0.05) is 19.8 Å². The Hall–Kier alpha value is -0.290. The van der Waals surface area contributed by atoms with Gasteiger partial charge in [0.15, 0.2) is 0 Å². The Balaban J connectivity index is 2.92. The highest BCUT2D eigenvalue weighted by Crippen LogP contribution is 2.16. The molecule has 0 aliphatic rings. The summed E-state index contributed by atoms with van der Waals surface area (Å²) < 4.78 is 3.15. The Morgan fingerprint density at radius 2 is 2.50 bits per heavy atom. The number of nitrogens with one attached hydrogen (secondary N) is 1. The Morgan fingerprint density at radius 1 is 1.75 bits per heavy atom. The van der Waals surface area contributed by atoms with E-state index in [1.807, 2.05) is 0 Å².